The van der Waals surface area contributed by atoms with Crippen molar-refractivity contribution in [1.82, 2.24) is 15.3 Å². The van der Waals surface area contributed by atoms with E-state index in [1.54, 1.807) is 24.3 Å². The van der Waals surface area contributed by atoms with Crippen LogP contribution in [0.15, 0.2) is 60.9 Å². The molecule has 6 heteroatoms. The predicted molar refractivity (Wildman–Crippen MR) is 104 cm³/mol. The topological polar surface area (TPSA) is 66.9 Å². The standard InChI is InChI=1S/C21H21FN4O/c1-2-15-7-4-6-10-18(15)26-20-13-19(24-14-25-20)21(27)23-12-11-16-8-3-5-9-17(16)22/h3-10,13-14H,2,11-12H2,1H3,(H,23,27)(H,24,25,26). The number of halogens is 1. The highest BCUT2D eigenvalue weighted by molar-refractivity contribution is 5.93. The molecule has 1 aromatic heterocycles. The molecule has 0 atom stereocenters. The number of nitrogens with zero attached hydrogens (tertiary/aromatic N) is 2. The van der Waals surface area contributed by atoms with Crippen molar-refractivity contribution < 1.29 is 9.18 Å². The van der Waals surface area contributed by atoms with Crippen molar-refractivity contribution in [1.29, 1.82) is 0 Å². The average molecular weight is 364 g/mol. The summed E-state index contributed by atoms with van der Waals surface area (Å²) in [5.74, 6) is -0.0411. The zero-order chi connectivity index (χ0) is 19.1. The van der Waals surface area contributed by atoms with Crippen LogP contribution in [0.25, 0.3) is 0 Å². The largest absolute Gasteiger partial charge is 0.350 e. The Balaban J connectivity index is 1.62. The van der Waals surface area contributed by atoms with Gasteiger partial charge >= 0.3 is 0 Å². The van der Waals surface area contributed by atoms with Gasteiger partial charge in [0, 0.05) is 18.3 Å². The molecular weight excluding hydrogens is 343 g/mol. The Bertz CT molecular complexity index is 929. The number of carbonyl (C=O) groups excluding carboxylic acids is 1. The third-order valence-corrected chi connectivity index (χ3v) is 4.20. The molecule has 1 amide bonds. The maximum atomic E-state index is 13.6. The summed E-state index contributed by atoms with van der Waals surface area (Å²) in [7, 11) is 0. The van der Waals surface area contributed by atoms with Gasteiger partial charge in [0.1, 0.15) is 23.7 Å². The molecule has 0 aliphatic rings. The minimum Gasteiger partial charge on any atom is -0.350 e. The van der Waals surface area contributed by atoms with Gasteiger partial charge in [-0.25, -0.2) is 14.4 Å². The first-order valence-corrected chi connectivity index (χ1v) is 8.86. The average Bonchev–Trinajstić information content (AvgIpc) is 2.70. The lowest BCUT2D eigenvalue weighted by atomic mass is 10.1. The van der Waals surface area contributed by atoms with Crippen molar-refractivity contribution in [3.05, 3.63) is 83.6 Å². The molecule has 0 aliphatic heterocycles. The molecule has 138 valence electrons. The van der Waals surface area contributed by atoms with E-state index < -0.39 is 0 Å². The lowest BCUT2D eigenvalue weighted by Gasteiger charge is -2.11. The lowest BCUT2D eigenvalue weighted by Crippen LogP contribution is -2.26. The van der Waals surface area contributed by atoms with E-state index in [0.717, 1.165) is 17.7 Å². The zero-order valence-corrected chi connectivity index (χ0v) is 15.1. The molecule has 0 saturated carbocycles. The second-order valence-electron chi connectivity index (χ2n) is 6.02. The Morgan fingerprint density at radius 3 is 2.56 bits per heavy atom. The minimum absolute atomic E-state index is 0.259. The van der Waals surface area contributed by atoms with E-state index in [4.69, 9.17) is 0 Å². The summed E-state index contributed by atoms with van der Waals surface area (Å²) in [5.41, 5.74) is 2.94. The van der Waals surface area contributed by atoms with E-state index in [9.17, 15) is 9.18 Å². The second kappa shape index (κ2) is 8.89. The van der Waals surface area contributed by atoms with Crippen LogP contribution in [-0.4, -0.2) is 22.4 Å². The minimum atomic E-state index is -0.319. The first-order valence-electron chi connectivity index (χ1n) is 8.86. The number of carbonyl (C=O) groups is 1. The van der Waals surface area contributed by atoms with Crippen LogP contribution >= 0.6 is 0 Å². The maximum Gasteiger partial charge on any atom is 0.270 e. The van der Waals surface area contributed by atoms with Gasteiger partial charge < -0.3 is 10.6 Å². The number of hydrogen-bond donors (Lipinski definition) is 2. The third-order valence-electron chi connectivity index (χ3n) is 4.20. The number of nitrogens with one attached hydrogen (secondary N) is 2. The van der Waals surface area contributed by atoms with E-state index in [2.05, 4.69) is 27.5 Å². The highest BCUT2D eigenvalue weighted by Gasteiger charge is 2.10. The van der Waals surface area contributed by atoms with Crippen LogP contribution in [0.3, 0.4) is 0 Å². The Labute approximate surface area is 157 Å². The molecule has 0 bridgehead atoms. The summed E-state index contributed by atoms with van der Waals surface area (Å²) < 4.78 is 13.6. The quantitative estimate of drug-likeness (QED) is 0.667. The summed E-state index contributed by atoms with van der Waals surface area (Å²) in [4.78, 5) is 20.5. The molecule has 2 aromatic carbocycles. The summed E-state index contributed by atoms with van der Waals surface area (Å²) >= 11 is 0. The molecule has 0 fully saturated rings. The number of para-hydroxylation sites is 1. The molecule has 0 spiro atoms. The van der Waals surface area contributed by atoms with E-state index in [1.807, 2.05) is 24.3 Å². The van der Waals surface area contributed by atoms with E-state index in [0.29, 0.717) is 24.3 Å². The molecule has 0 radical (unpaired) electrons. The van der Waals surface area contributed by atoms with Gasteiger partial charge in [-0.1, -0.05) is 43.3 Å². The number of anilines is 2. The Kier molecular flexibility index (Phi) is 6.10. The molecule has 5 nitrogen and oxygen atoms in total. The molecule has 0 saturated heterocycles. The summed E-state index contributed by atoms with van der Waals surface area (Å²) in [6, 6.07) is 16.1. The van der Waals surface area contributed by atoms with Crippen LogP contribution in [0.5, 0.6) is 0 Å². The van der Waals surface area contributed by atoms with Crippen LogP contribution in [0, 0.1) is 5.82 Å². The summed E-state index contributed by atoms with van der Waals surface area (Å²) in [5, 5.41) is 5.99. The van der Waals surface area contributed by atoms with Crippen LogP contribution < -0.4 is 10.6 Å². The van der Waals surface area contributed by atoms with Crippen molar-refractivity contribution in [3.8, 4) is 0 Å². The first-order chi connectivity index (χ1) is 13.2. The van der Waals surface area contributed by atoms with E-state index in [1.165, 1.54) is 12.4 Å². The van der Waals surface area contributed by atoms with Crippen molar-refractivity contribution in [3.63, 3.8) is 0 Å². The van der Waals surface area contributed by atoms with Crippen LogP contribution in [0.1, 0.15) is 28.5 Å². The Hall–Kier alpha value is -3.28. The first kappa shape index (κ1) is 18.5. The number of rotatable bonds is 7. The lowest BCUT2D eigenvalue weighted by molar-refractivity contribution is 0.0949. The fourth-order valence-corrected chi connectivity index (χ4v) is 2.74. The van der Waals surface area contributed by atoms with Gasteiger partial charge in [0.05, 0.1) is 0 Å². The molecule has 0 aliphatic carbocycles. The molecule has 2 N–H and O–H groups in total. The zero-order valence-electron chi connectivity index (χ0n) is 15.1. The number of hydrogen-bond acceptors (Lipinski definition) is 4. The smallest absolute Gasteiger partial charge is 0.270 e. The van der Waals surface area contributed by atoms with E-state index in [-0.39, 0.29) is 17.4 Å². The fraction of sp³-hybridized carbons (Fsp3) is 0.190. The van der Waals surface area contributed by atoms with Crippen molar-refractivity contribution in [2.75, 3.05) is 11.9 Å². The molecule has 0 unspecified atom stereocenters. The van der Waals surface area contributed by atoms with Gasteiger partial charge in [0.15, 0.2) is 0 Å². The Morgan fingerprint density at radius 1 is 1.04 bits per heavy atom. The molecular formula is C21H21FN4O. The number of amides is 1. The van der Waals surface area contributed by atoms with Crippen LogP contribution in [0.4, 0.5) is 15.9 Å². The van der Waals surface area contributed by atoms with Gasteiger partial charge in [-0.2, -0.15) is 0 Å². The predicted octanol–water partition coefficient (Wildman–Crippen LogP) is 3.89. The highest BCUT2D eigenvalue weighted by atomic mass is 19.1. The van der Waals surface area contributed by atoms with Crippen molar-refractivity contribution in [2.45, 2.75) is 19.8 Å². The normalized spacial score (nSPS) is 10.4. The maximum absolute atomic E-state index is 13.6. The Morgan fingerprint density at radius 2 is 1.78 bits per heavy atom. The van der Waals surface area contributed by atoms with Crippen LogP contribution in [-0.2, 0) is 12.8 Å². The van der Waals surface area contributed by atoms with Gasteiger partial charge in [0.25, 0.3) is 5.91 Å². The van der Waals surface area contributed by atoms with Gasteiger partial charge in [-0.05, 0) is 36.1 Å². The second-order valence-corrected chi connectivity index (χ2v) is 6.02. The molecule has 1 heterocycles. The van der Waals surface area contributed by atoms with Crippen molar-refractivity contribution in [2.24, 2.45) is 0 Å². The molecule has 3 aromatic rings. The number of aryl methyl sites for hydroxylation is 1. The third kappa shape index (κ3) is 4.88. The van der Waals surface area contributed by atoms with Crippen LogP contribution in [0.2, 0.25) is 0 Å². The molecule has 3 rings (SSSR count). The molecule has 27 heavy (non-hydrogen) atoms. The highest BCUT2D eigenvalue weighted by Crippen LogP contribution is 2.20. The fourth-order valence-electron chi connectivity index (χ4n) is 2.74. The van der Waals surface area contributed by atoms with E-state index >= 15 is 0 Å². The number of benzene rings is 2. The van der Waals surface area contributed by atoms with Gasteiger partial charge in [0.2, 0.25) is 0 Å². The SMILES string of the molecule is CCc1ccccc1Nc1cc(C(=O)NCCc2ccccc2F)ncn1. The number of aromatic nitrogens is 2. The monoisotopic (exact) mass is 364 g/mol. The summed E-state index contributed by atoms with van der Waals surface area (Å²) in [6.45, 7) is 2.40. The summed E-state index contributed by atoms with van der Waals surface area (Å²) in [6.07, 6.45) is 2.65. The van der Waals surface area contributed by atoms with Gasteiger partial charge in [-0.15, -0.1) is 0 Å². The van der Waals surface area contributed by atoms with Crippen molar-refractivity contribution >= 4 is 17.4 Å². The van der Waals surface area contributed by atoms with Gasteiger partial charge in [-0.3, -0.25) is 4.79 Å².